The summed E-state index contributed by atoms with van der Waals surface area (Å²) in [5.41, 5.74) is -2.81. The SMILES string of the molecule is CCCCCCCCCCCCCCCCC=COP(O)(=S)S. The van der Waals surface area contributed by atoms with E-state index < -0.39 is 5.69 Å². The smallest absolute Gasteiger partial charge is 0.291 e. The van der Waals surface area contributed by atoms with Crippen LogP contribution >= 0.6 is 17.9 Å². The van der Waals surface area contributed by atoms with Crippen LogP contribution < -0.4 is 0 Å². The zero-order valence-corrected chi connectivity index (χ0v) is 17.5. The Bertz CT molecular complexity index is 316. The van der Waals surface area contributed by atoms with E-state index in [1.54, 1.807) is 0 Å². The summed E-state index contributed by atoms with van der Waals surface area (Å²) in [6.45, 7) is 2.28. The van der Waals surface area contributed by atoms with Crippen LogP contribution in [0.1, 0.15) is 103 Å². The van der Waals surface area contributed by atoms with Crippen LogP contribution in [0.25, 0.3) is 0 Å². The molecule has 0 saturated carbocycles. The van der Waals surface area contributed by atoms with Crippen molar-refractivity contribution in [3.8, 4) is 0 Å². The Morgan fingerprint density at radius 1 is 0.826 bits per heavy atom. The van der Waals surface area contributed by atoms with Crippen LogP contribution in [-0.4, -0.2) is 4.89 Å². The monoisotopic (exact) mass is 380 g/mol. The van der Waals surface area contributed by atoms with Gasteiger partial charge in [0.2, 0.25) is 0 Å². The fraction of sp³-hybridized carbons (Fsp3) is 0.889. The number of hydrogen-bond donors (Lipinski definition) is 2. The first-order valence-corrected chi connectivity index (χ1v) is 13.3. The Morgan fingerprint density at radius 2 is 1.22 bits per heavy atom. The van der Waals surface area contributed by atoms with E-state index in [-0.39, 0.29) is 0 Å². The molecule has 0 aromatic carbocycles. The molecule has 0 aliphatic carbocycles. The van der Waals surface area contributed by atoms with Gasteiger partial charge in [-0.3, -0.25) is 0 Å². The van der Waals surface area contributed by atoms with E-state index in [1.807, 2.05) is 6.08 Å². The van der Waals surface area contributed by atoms with Crippen LogP contribution in [0.5, 0.6) is 0 Å². The van der Waals surface area contributed by atoms with Crippen LogP contribution in [0.15, 0.2) is 12.3 Å². The van der Waals surface area contributed by atoms with Gasteiger partial charge in [-0.2, -0.15) is 0 Å². The van der Waals surface area contributed by atoms with Gasteiger partial charge in [-0.25, -0.2) is 0 Å². The Balaban J connectivity index is 3.09. The van der Waals surface area contributed by atoms with Gasteiger partial charge in [-0.1, -0.05) is 103 Å². The molecule has 0 amide bonds. The fourth-order valence-corrected chi connectivity index (χ4v) is 3.20. The largest absolute Gasteiger partial charge is 0.445 e. The van der Waals surface area contributed by atoms with Gasteiger partial charge in [-0.05, 0) is 30.7 Å². The summed E-state index contributed by atoms with van der Waals surface area (Å²) in [5.74, 6) is 0. The van der Waals surface area contributed by atoms with Crippen molar-refractivity contribution in [2.75, 3.05) is 0 Å². The highest BCUT2D eigenvalue weighted by molar-refractivity contribution is 8.59. The van der Waals surface area contributed by atoms with E-state index in [0.29, 0.717) is 0 Å². The lowest BCUT2D eigenvalue weighted by molar-refractivity contribution is 0.453. The van der Waals surface area contributed by atoms with E-state index in [2.05, 4.69) is 31.0 Å². The predicted molar refractivity (Wildman–Crippen MR) is 111 cm³/mol. The molecule has 0 saturated heterocycles. The molecule has 1 atom stereocenters. The maximum Gasteiger partial charge on any atom is 0.291 e. The van der Waals surface area contributed by atoms with Crippen molar-refractivity contribution in [1.82, 2.24) is 0 Å². The average Bonchev–Trinajstić information content (AvgIpc) is 2.49. The molecule has 138 valence electrons. The van der Waals surface area contributed by atoms with Gasteiger partial charge in [0.05, 0.1) is 6.26 Å². The molecule has 0 heterocycles. The number of hydrogen-bond acceptors (Lipinski definition) is 2. The van der Waals surface area contributed by atoms with E-state index in [4.69, 9.17) is 9.42 Å². The highest BCUT2D eigenvalue weighted by atomic mass is 32.9. The van der Waals surface area contributed by atoms with Gasteiger partial charge >= 0.3 is 0 Å². The topological polar surface area (TPSA) is 29.5 Å². The molecule has 2 nitrogen and oxygen atoms in total. The number of rotatable bonds is 17. The van der Waals surface area contributed by atoms with Crippen LogP contribution in [0.2, 0.25) is 0 Å². The Labute approximate surface area is 154 Å². The quantitative estimate of drug-likeness (QED) is 0.118. The van der Waals surface area contributed by atoms with Crippen LogP contribution in [0.4, 0.5) is 0 Å². The molecule has 0 aromatic rings. The third-order valence-corrected chi connectivity index (χ3v) is 4.96. The van der Waals surface area contributed by atoms with E-state index in [0.717, 1.165) is 6.42 Å². The molecular weight excluding hydrogens is 343 g/mol. The number of allylic oxidation sites excluding steroid dienone is 1. The highest BCUT2D eigenvalue weighted by Gasteiger charge is 2.01. The predicted octanol–water partition coefficient (Wildman–Crippen LogP) is 7.53. The van der Waals surface area contributed by atoms with Crippen LogP contribution in [-0.2, 0) is 16.3 Å². The van der Waals surface area contributed by atoms with Gasteiger partial charge in [0.25, 0.3) is 5.69 Å². The maximum absolute atomic E-state index is 9.16. The first-order valence-electron chi connectivity index (χ1n) is 9.45. The Kier molecular flexibility index (Phi) is 17.7. The minimum absolute atomic E-state index is 0.987. The second kappa shape index (κ2) is 17.3. The molecule has 1 unspecified atom stereocenters. The summed E-state index contributed by atoms with van der Waals surface area (Å²) in [6.07, 6.45) is 23.7. The van der Waals surface area contributed by atoms with E-state index in [9.17, 15) is 0 Å². The second-order valence-electron chi connectivity index (χ2n) is 6.35. The molecule has 0 aliphatic rings. The molecule has 0 rings (SSSR count). The van der Waals surface area contributed by atoms with E-state index in [1.165, 1.54) is 96.2 Å². The molecule has 0 spiro atoms. The van der Waals surface area contributed by atoms with Gasteiger partial charge in [-0.15, -0.1) is 0 Å². The van der Waals surface area contributed by atoms with Crippen molar-refractivity contribution in [2.45, 2.75) is 103 Å². The molecular formula is C18H37O2PS2. The molecule has 23 heavy (non-hydrogen) atoms. The Morgan fingerprint density at radius 3 is 1.61 bits per heavy atom. The van der Waals surface area contributed by atoms with Crippen molar-refractivity contribution in [1.29, 1.82) is 0 Å². The summed E-state index contributed by atoms with van der Waals surface area (Å²) >= 11 is 8.45. The summed E-state index contributed by atoms with van der Waals surface area (Å²) in [6, 6.07) is 0. The summed E-state index contributed by atoms with van der Waals surface area (Å²) in [5, 5.41) is 0. The average molecular weight is 381 g/mol. The van der Waals surface area contributed by atoms with Crippen molar-refractivity contribution < 1.29 is 9.42 Å². The van der Waals surface area contributed by atoms with Crippen molar-refractivity contribution >= 4 is 29.7 Å². The highest BCUT2D eigenvalue weighted by Crippen LogP contribution is 2.47. The Hall–Kier alpha value is 0.500. The summed E-state index contributed by atoms with van der Waals surface area (Å²) < 4.78 is 4.91. The zero-order valence-electron chi connectivity index (χ0n) is 14.9. The molecule has 0 bridgehead atoms. The van der Waals surface area contributed by atoms with Crippen LogP contribution in [0.3, 0.4) is 0 Å². The summed E-state index contributed by atoms with van der Waals surface area (Å²) in [7, 11) is 0. The van der Waals surface area contributed by atoms with Crippen molar-refractivity contribution in [2.24, 2.45) is 0 Å². The van der Waals surface area contributed by atoms with Gasteiger partial charge < -0.3 is 9.42 Å². The van der Waals surface area contributed by atoms with E-state index >= 15 is 0 Å². The van der Waals surface area contributed by atoms with Crippen molar-refractivity contribution in [3.63, 3.8) is 0 Å². The first-order chi connectivity index (χ1) is 11.1. The molecule has 5 heteroatoms. The first kappa shape index (κ1) is 23.5. The third-order valence-electron chi connectivity index (χ3n) is 4.02. The minimum Gasteiger partial charge on any atom is -0.445 e. The molecule has 0 aliphatic heterocycles. The van der Waals surface area contributed by atoms with Gasteiger partial charge in [0.1, 0.15) is 0 Å². The second-order valence-corrected chi connectivity index (χ2v) is 11.5. The standard InChI is InChI=1S/C18H37O2PS2/c1-2-3-4-5-6-7-8-9-10-11-12-13-14-15-16-17-18-20-21(19,22)23/h17-18H,2-16H2,1H3,(H2,19,22,23). The van der Waals surface area contributed by atoms with Crippen LogP contribution in [0, 0.1) is 0 Å². The number of unbranched alkanes of at least 4 members (excludes halogenated alkanes) is 14. The fourth-order valence-electron chi connectivity index (χ4n) is 2.65. The lowest BCUT2D eigenvalue weighted by Gasteiger charge is -2.05. The third kappa shape index (κ3) is 22.5. The molecule has 0 aromatic heterocycles. The zero-order chi connectivity index (χ0) is 17.2. The minimum atomic E-state index is -2.81. The normalized spacial score (nSPS) is 14.2. The molecule has 1 N–H and O–H groups in total. The van der Waals surface area contributed by atoms with Gasteiger partial charge in [0, 0.05) is 0 Å². The maximum atomic E-state index is 9.16. The number of thiol groups is 1. The van der Waals surface area contributed by atoms with Crippen molar-refractivity contribution in [3.05, 3.63) is 12.3 Å². The summed E-state index contributed by atoms with van der Waals surface area (Å²) in [4.78, 5) is 9.16. The molecule has 0 fully saturated rings. The lowest BCUT2D eigenvalue weighted by atomic mass is 10.0. The molecule has 0 radical (unpaired) electrons. The lowest BCUT2D eigenvalue weighted by Crippen LogP contribution is -1.83. The van der Waals surface area contributed by atoms with Gasteiger partial charge in [0.15, 0.2) is 0 Å².